The van der Waals surface area contributed by atoms with Crippen molar-refractivity contribution in [1.82, 2.24) is 5.06 Å². The van der Waals surface area contributed by atoms with Gasteiger partial charge in [0.1, 0.15) is 0 Å². The molecule has 0 aromatic rings. The first kappa shape index (κ1) is 15.9. The second-order valence-electron chi connectivity index (χ2n) is 6.35. The highest BCUT2D eigenvalue weighted by Gasteiger charge is 2.46. The van der Waals surface area contributed by atoms with Crippen LogP contribution in [-0.4, -0.2) is 49.7 Å². The predicted molar refractivity (Wildman–Crippen MR) is 72.5 cm³/mol. The van der Waals surface area contributed by atoms with Gasteiger partial charge in [-0.15, -0.1) is 0 Å². The number of nitrogens with zero attached hydrogens (tertiary/aromatic N) is 1. The number of methoxy groups -OCH3 is 1. The molecule has 4 nitrogen and oxygen atoms in total. The maximum absolute atomic E-state index is 5.99. The Kier molecular flexibility index (Phi) is 5.59. The Morgan fingerprint density at radius 2 is 1.56 bits per heavy atom. The Hall–Kier alpha value is -0.160. The predicted octanol–water partition coefficient (Wildman–Crippen LogP) is 2.62. The molecule has 0 bridgehead atoms. The van der Waals surface area contributed by atoms with Crippen molar-refractivity contribution in [1.29, 1.82) is 0 Å². The maximum atomic E-state index is 5.99. The van der Waals surface area contributed by atoms with Crippen molar-refractivity contribution >= 4 is 0 Å². The van der Waals surface area contributed by atoms with Crippen molar-refractivity contribution in [3.8, 4) is 0 Å². The molecular formula is C14H29NO3. The summed E-state index contributed by atoms with van der Waals surface area (Å²) in [5, 5.41) is 2.11. The SMILES string of the molecule is COCCCOC1CC(C)(C)N(OC)C(C)(C)C1. The monoisotopic (exact) mass is 259 g/mol. The molecule has 108 valence electrons. The molecule has 0 amide bonds. The summed E-state index contributed by atoms with van der Waals surface area (Å²) in [6, 6.07) is 0. The second-order valence-corrected chi connectivity index (χ2v) is 6.35. The van der Waals surface area contributed by atoms with Gasteiger partial charge in [0.15, 0.2) is 0 Å². The van der Waals surface area contributed by atoms with Gasteiger partial charge in [-0.25, -0.2) is 0 Å². The second kappa shape index (κ2) is 6.33. The molecule has 0 aliphatic carbocycles. The Morgan fingerprint density at radius 1 is 1.00 bits per heavy atom. The van der Waals surface area contributed by atoms with Crippen LogP contribution in [0.5, 0.6) is 0 Å². The van der Waals surface area contributed by atoms with E-state index in [2.05, 4.69) is 32.8 Å². The summed E-state index contributed by atoms with van der Waals surface area (Å²) in [6.45, 7) is 10.4. The van der Waals surface area contributed by atoms with E-state index in [1.165, 1.54) is 0 Å². The molecule has 0 saturated carbocycles. The van der Waals surface area contributed by atoms with Crippen molar-refractivity contribution < 1.29 is 14.3 Å². The first-order valence-corrected chi connectivity index (χ1v) is 6.78. The first-order chi connectivity index (χ1) is 8.33. The molecule has 0 unspecified atom stereocenters. The largest absolute Gasteiger partial charge is 0.385 e. The van der Waals surface area contributed by atoms with Crippen LogP contribution in [0, 0.1) is 0 Å². The summed E-state index contributed by atoms with van der Waals surface area (Å²) in [4.78, 5) is 5.57. The molecule has 1 rings (SSSR count). The van der Waals surface area contributed by atoms with Crippen LogP contribution in [0.25, 0.3) is 0 Å². The van der Waals surface area contributed by atoms with Gasteiger partial charge in [0, 0.05) is 31.4 Å². The van der Waals surface area contributed by atoms with E-state index >= 15 is 0 Å². The highest BCUT2D eigenvalue weighted by molar-refractivity contribution is 4.97. The number of hydrogen-bond acceptors (Lipinski definition) is 4. The average Bonchev–Trinajstić information content (AvgIpc) is 2.21. The van der Waals surface area contributed by atoms with Crippen LogP contribution in [0.3, 0.4) is 0 Å². The molecule has 1 saturated heterocycles. The van der Waals surface area contributed by atoms with Crippen LogP contribution in [0.15, 0.2) is 0 Å². The van der Waals surface area contributed by atoms with Gasteiger partial charge in [-0.3, -0.25) is 0 Å². The molecule has 18 heavy (non-hydrogen) atoms. The molecule has 1 aliphatic heterocycles. The Labute approximate surface area is 112 Å². The molecule has 0 spiro atoms. The summed E-state index contributed by atoms with van der Waals surface area (Å²) >= 11 is 0. The van der Waals surface area contributed by atoms with Crippen LogP contribution in [-0.2, 0) is 14.3 Å². The van der Waals surface area contributed by atoms with Gasteiger partial charge in [-0.1, -0.05) is 0 Å². The zero-order valence-corrected chi connectivity index (χ0v) is 12.8. The minimum absolute atomic E-state index is 0.00240. The highest BCUT2D eigenvalue weighted by Crippen LogP contribution is 2.39. The summed E-state index contributed by atoms with van der Waals surface area (Å²) in [6.07, 6.45) is 3.26. The minimum atomic E-state index is 0.00240. The Morgan fingerprint density at radius 3 is 2.00 bits per heavy atom. The van der Waals surface area contributed by atoms with Crippen molar-refractivity contribution in [3.63, 3.8) is 0 Å². The van der Waals surface area contributed by atoms with Gasteiger partial charge < -0.3 is 14.3 Å². The van der Waals surface area contributed by atoms with Gasteiger partial charge in [-0.2, -0.15) is 5.06 Å². The lowest BCUT2D eigenvalue weighted by Crippen LogP contribution is -2.61. The fraction of sp³-hybridized carbons (Fsp3) is 1.00. The van der Waals surface area contributed by atoms with Gasteiger partial charge in [0.05, 0.1) is 13.2 Å². The molecule has 1 aliphatic rings. The van der Waals surface area contributed by atoms with E-state index in [0.717, 1.165) is 32.5 Å². The molecule has 0 aromatic heterocycles. The van der Waals surface area contributed by atoms with E-state index in [9.17, 15) is 0 Å². The van der Waals surface area contributed by atoms with Gasteiger partial charge >= 0.3 is 0 Å². The standard InChI is InChI=1S/C14H29NO3/c1-13(2)10-12(18-9-7-8-16-5)11-14(3,4)15(13)17-6/h12H,7-11H2,1-6H3. The zero-order chi connectivity index (χ0) is 13.8. The van der Waals surface area contributed by atoms with E-state index in [-0.39, 0.29) is 11.1 Å². The fourth-order valence-corrected chi connectivity index (χ4v) is 3.24. The Balaban J connectivity index is 2.54. The molecule has 0 radical (unpaired) electrons. The van der Waals surface area contributed by atoms with Crippen molar-refractivity contribution in [2.24, 2.45) is 0 Å². The first-order valence-electron chi connectivity index (χ1n) is 6.78. The molecule has 0 aromatic carbocycles. The summed E-state index contributed by atoms with van der Waals surface area (Å²) < 4.78 is 11.0. The molecule has 4 heteroatoms. The molecule has 0 N–H and O–H groups in total. The maximum Gasteiger partial charge on any atom is 0.0611 e. The minimum Gasteiger partial charge on any atom is -0.385 e. The number of hydroxylamine groups is 2. The highest BCUT2D eigenvalue weighted by atomic mass is 16.7. The summed E-state index contributed by atoms with van der Waals surface area (Å²) in [5.74, 6) is 0. The van der Waals surface area contributed by atoms with Gasteiger partial charge in [-0.05, 0) is 47.0 Å². The lowest BCUT2D eigenvalue weighted by Gasteiger charge is -2.53. The van der Waals surface area contributed by atoms with Crippen LogP contribution < -0.4 is 0 Å². The average molecular weight is 259 g/mol. The lowest BCUT2D eigenvalue weighted by atomic mass is 9.80. The topological polar surface area (TPSA) is 30.9 Å². The summed E-state index contributed by atoms with van der Waals surface area (Å²) in [5.41, 5.74) is 0.00481. The third kappa shape index (κ3) is 3.92. The van der Waals surface area contributed by atoms with Gasteiger partial charge in [0.2, 0.25) is 0 Å². The van der Waals surface area contributed by atoms with Crippen molar-refractivity contribution in [3.05, 3.63) is 0 Å². The van der Waals surface area contributed by atoms with Gasteiger partial charge in [0.25, 0.3) is 0 Å². The fourth-order valence-electron chi connectivity index (χ4n) is 3.24. The molecule has 0 atom stereocenters. The van der Waals surface area contributed by atoms with Crippen molar-refractivity contribution in [2.45, 2.75) is 64.1 Å². The van der Waals surface area contributed by atoms with Crippen LogP contribution in [0.1, 0.15) is 47.0 Å². The molecule has 1 fully saturated rings. The third-order valence-electron chi connectivity index (χ3n) is 3.58. The van der Waals surface area contributed by atoms with E-state index in [0.29, 0.717) is 6.10 Å². The summed E-state index contributed by atoms with van der Waals surface area (Å²) in [7, 11) is 3.48. The molecule has 1 heterocycles. The number of rotatable bonds is 6. The smallest absolute Gasteiger partial charge is 0.0611 e. The van der Waals surface area contributed by atoms with E-state index in [4.69, 9.17) is 14.3 Å². The number of piperidine rings is 1. The van der Waals surface area contributed by atoms with E-state index in [1.807, 2.05) is 0 Å². The zero-order valence-electron chi connectivity index (χ0n) is 12.8. The quantitative estimate of drug-likeness (QED) is 0.686. The van der Waals surface area contributed by atoms with Crippen LogP contribution >= 0.6 is 0 Å². The van der Waals surface area contributed by atoms with E-state index < -0.39 is 0 Å². The van der Waals surface area contributed by atoms with Crippen molar-refractivity contribution in [2.75, 3.05) is 27.4 Å². The Bertz CT molecular complexity index is 235. The molecular weight excluding hydrogens is 230 g/mol. The van der Waals surface area contributed by atoms with Crippen LogP contribution in [0.4, 0.5) is 0 Å². The number of ether oxygens (including phenoxy) is 2. The number of hydrogen-bond donors (Lipinski definition) is 0. The third-order valence-corrected chi connectivity index (χ3v) is 3.58. The normalized spacial score (nSPS) is 24.3. The van der Waals surface area contributed by atoms with Crippen LogP contribution in [0.2, 0.25) is 0 Å². The lowest BCUT2D eigenvalue weighted by molar-refractivity contribution is -0.280. The van der Waals surface area contributed by atoms with E-state index in [1.54, 1.807) is 14.2 Å².